The molecule has 0 aliphatic carbocycles. The van der Waals surface area contributed by atoms with E-state index in [4.69, 9.17) is 0 Å². The number of rotatable bonds is 5. The molecular formula is C19H30N4O2S. The highest BCUT2D eigenvalue weighted by Crippen LogP contribution is 2.16. The molecule has 6 nitrogen and oxygen atoms in total. The molecule has 0 radical (unpaired) electrons. The van der Waals surface area contributed by atoms with Crippen LogP contribution in [0, 0.1) is 0 Å². The topological polar surface area (TPSA) is 73.8 Å². The van der Waals surface area contributed by atoms with Crippen molar-refractivity contribution >= 4 is 15.8 Å². The lowest BCUT2D eigenvalue weighted by Gasteiger charge is -2.27. The quantitative estimate of drug-likeness (QED) is 0.600. The van der Waals surface area contributed by atoms with E-state index < -0.39 is 9.84 Å². The van der Waals surface area contributed by atoms with Gasteiger partial charge in [0.05, 0.1) is 11.5 Å². The molecule has 0 saturated carbocycles. The Hall–Kier alpha value is -1.60. The Morgan fingerprint density at radius 2 is 1.92 bits per heavy atom. The van der Waals surface area contributed by atoms with Crippen LogP contribution in [0.4, 0.5) is 0 Å². The van der Waals surface area contributed by atoms with E-state index in [-0.39, 0.29) is 17.5 Å². The van der Waals surface area contributed by atoms with Crippen LogP contribution in [0.25, 0.3) is 0 Å². The van der Waals surface area contributed by atoms with Crippen LogP contribution >= 0.6 is 0 Å². The monoisotopic (exact) mass is 378 g/mol. The van der Waals surface area contributed by atoms with E-state index in [9.17, 15) is 8.42 Å². The van der Waals surface area contributed by atoms with Crippen molar-refractivity contribution < 1.29 is 8.42 Å². The van der Waals surface area contributed by atoms with Gasteiger partial charge in [0.25, 0.3) is 0 Å². The molecule has 144 valence electrons. The number of piperidine rings is 1. The number of hydrogen-bond donors (Lipinski definition) is 2. The van der Waals surface area contributed by atoms with Crippen LogP contribution in [-0.4, -0.2) is 57.0 Å². The van der Waals surface area contributed by atoms with Crippen molar-refractivity contribution in [3.05, 3.63) is 35.4 Å². The van der Waals surface area contributed by atoms with Gasteiger partial charge in [0, 0.05) is 26.2 Å². The Balaban J connectivity index is 1.56. The van der Waals surface area contributed by atoms with Crippen LogP contribution in [0.3, 0.4) is 0 Å². The van der Waals surface area contributed by atoms with Crippen LogP contribution in [0.2, 0.25) is 0 Å². The molecule has 7 heteroatoms. The molecule has 0 amide bonds. The zero-order valence-electron chi connectivity index (χ0n) is 15.6. The van der Waals surface area contributed by atoms with E-state index in [1.165, 1.54) is 43.5 Å². The minimum absolute atomic E-state index is 0.0465. The number of guanidine groups is 1. The largest absolute Gasteiger partial charge is 0.353 e. The van der Waals surface area contributed by atoms with Gasteiger partial charge >= 0.3 is 0 Å². The molecular weight excluding hydrogens is 348 g/mol. The third-order valence-electron chi connectivity index (χ3n) is 5.20. The van der Waals surface area contributed by atoms with Crippen molar-refractivity contribution in [2.75, 3.05) is 31.6 Å². The van der Waals surface area contributed by atoms with Gasteiger partial charge in [-0.25, -0.2) is 8.42 Å². The molecule has 1 unspecified atom stereocenters. The Bertz CT molecular complexity index is 727. The highest BCUT2D eigenvalue weighted by molar-refractivity contribution is 7.91. The van der Waals surface area contributed by atoms with E-state index >= 15 is 0 Å². The van der Waals surface area contributed by atoms with Gasteiger partial charge < -0.3 is 10.6 Å². The van der Waals surface area contributed by atoms with Gasteiger partial charge in [0.2, 0.25) is 0 Å². The van der Waals surface area contributed by atoms with E-state index in [2.05, 4.69) is 44.8 Å². The molecule has 3 rings (SSSR count). The summed E-state index contributed by atoms with van der Waals surface area (Å²) in [5.41, 5.74) is 2.61. The lowest BCUT2D eigenvalue weighted by Crippen LogP contribution is -2.43. The fraction of sp³-hybridized carbons (Fsp3) is 0.632. The molecule has 0 bridgehead atoms. The third-order valence-corrected chi connectivity index (χ3v) is 6.97. The summed E-state index contributed by atoms with van der Waals surface area (Å²) in [5.74, 6) is 1.12. The van der Waals surface area contributed by atoms with Crippen LogP contribution in [-0.2, 0) is 22.9 Å². The SMILES string of the molecule is CN=C(NCc1ccccc1CN1CCCCC1)NC1CCS(=O)(=O)C1. The van der Waals surface area contributed by atoms with Crippen molar-refractivity contribution in [2.24, 2.45) is 4.99 Å². The third kappa shape index (κ3) is 5.45. The minimum Gasteiger partial charge on any atom is -0.353 e. The number of sulfone groups is 1. The number of aliphatic imine (C=N–C) groups is 1. The number of likely N-dealkylation sites (tertiary alicyclic amines) is 1. The van der Waals surface area contributed by atoms with E-state index in [1.54, 1.807) is 7.05 Å². The Morgan fingerprint density at radius 3 is 2.58 bits per heavy atom. The minimum atomic E-state index is -2.89. The first kappa shape index (κ1) is 19.2. The molecule has 2 saturated heterocycles. The number of nitrogens with one attached hydrogen (secondary N) is 2. The summed E-state index contributed by atoms with van der Waals surface area (Å²) in [7, 11) is -1.17. The highest BCUT2D eigenvalue weighted by Gasteiger charge is 2.28. The second kappa shape index (κ2) is 8.86. The highest BCUT2D eigenvalue weighted by atomic mass is 32.2. The van der Waals surface area contributed by atoms with Crippen LogP contribution < -0.4 is 10.6 Å². The normalized spacial score (nSPS) is 23.7. The van der Waals surface area contributed by atoms with Gasteiger partial charge in [0.1, 0.15) is 0 Å². The Morgan fingerprint density at radius 1 is 1.19 bits per heavy atom. The first-order valence-electron chi connectivity index (χ1n) is 9.52. The van der Waals surface area contributed by atoms with Crippen molar-refractivity contribution in [3.63, 3.8) is 0 Å². The molecule has 2 N–H and O–H groups in total. The smallest absolute Gasteiger partial charge is 0.191 e. The average molecular weight is 379 g/mol. The molecule has 1 atom stereocenters. The number of nitrogens with zero attached hydrogens (tertiary/aromatic N) is 2. The van der Waals surface area contributed by atoms with E-state index in [0.717, 1.165) is 6.54 Å². The number of hydrogen-bond acceptors (Lipinski definition) is 4. The summed E-state index contributed by atoms with van der Waals surface area (Å²) in [4.78, 5) is 6.78. The Kier molecular flexibility index (Phi) is 6.53. The van der Waals surface area contributed by atoms with Crippen LogP contribution in [0.5, 0.6) is 0 Å². The van der Waals surface area contributed by atoms with Crippen molar-refractivity contribution in [3.8, 4) is 0 Å². The van der Waals surface area contributed by atoms with Gasteiger partial charge in [-0.2, -0.15) is 0 Å². The van der Waals surface area contributed by atoms with Crippen molar-refractivity contribution in [2.45, 2.75) is 44.8 Å². The fourth-order valence-electron chi connectivity index (χ4n) is 3.72. The Labute approximate surface area is 157 Å². The first-order chi connectivity index (χ1) is 12.6. The van der Waals surface area contributed by atoms with Gasteiger partial charge in [-0.1, -0.05) is 30.7 Å². The molecule has 2 heterocycles. The second-order valence-electron chi connectivity index (χ2n) is 7.28. The molecule has 2 aliphatic heterocycles. The summed E-state index contributed by atoms with van der Waals surface area (Å²) in [6, 6.07) is 8.47. The summed E-state index contributed by atoms with van der Waals surface area (Å²) in [6.45, 7) is 4.04. The molecule has 2 aliphatic rings. The molecule has 26 heavy (non-hydrogen) atoms. The van der Waals surface area contributed by atoms with E-state index in [0.29, 0.717) is 18.9 Å². The van der Waals surface area contributed by atoms with Crippen LogP contribution in [0.1, 0.15) is 36.8 Å². The lowest BCUT2D eigenvalue weighted by molar-refractivity contribution is 0.220. The first-order valence-corrected chi connectivity index (χ1v) is 11.3. The van der Waals surface area contributed by atoms with Gasteiger partial charge in [-0.15, -0.1) is 0 Å². The molecule has 0 aromatic heterocycles. The second-order valence-corrected chi connectivity index (χ2v) is 9.50. The van der Waals surface area contributed by atoms with Gasteiger partial charge in [0.15, 0.2) is 15.8 Å². The average Bonchev–Trinajstić information content (AvgIpc) is 2.99. The summed E-state index contributed by atoms with van der Waals surface area (Å²) in [5, 5.41) is 6.58. The molecule has 1 aromatic carbocycles. The zero-order chi connectivity index (χ0) is 18.4. The van der Waals surface area contributed by atoms with Crippen molar-refractivity contribution in [1.29, 1.82) is 0 Å². The molecule has 2 fully saturated rings. The predicted octanol–water partition coefficient (Wildman–Crippen LogP) is 1.52. The summed E-state index contributed by atoms with van der Waals surface area (Å²) < 4.78 is 23.2. The van der Waals surface area contributed by atoms with Gasteiger partial charge in [-0.3, -0.25) is 9.89 Å². The molecule has 1 aromatic rings. The fourth-order valence-corrected chi connectivity index (χ4v) is 5.39. The number of benzene rings is 1. The van der Waals surface area contributed by atoms with Crippen molar-refractivity contribution in [1.82, 2.24) is 15.5 Å². The summed E-state index contributed by atoms with van der Waals surface area (Å²) >= 11 is 0. The maximum atomic E-state index is 11.6. The lowest BCUT2D eigenvalue weighted by atomic mass is 10.0. The maximum absolute atomic E-state index is 11.6. The van der Waals surface area contributed by atoms with Crippen LogP contribution in [0.15, 0.2) is 29.3 Å². The van der Waals surface area contributed by atoms with E-state index in [1.807, 2.05) is 0 Å². The zero-order valence-corrected chi connectivity index (χ0v) is 16.4. The standard InChI is InChI=1S/C19H30N4O2S/c1-20-19(22-18-9-12-26(24,25)15-18)21-13-16-7-3-4-8-17(16)14-23-10-5-2-6-11-23/h3-4,7-8,18H,2,5-6,9-15H2,1H3,(H2,20,21,22). The van der Waals surface area contributed by atoms with Gasteiger partial charge in [-0.05, 0) is 43.5 Å². The maximum Gasteiger partial charge on any atom is 0.191 e. The predicted molar refractivity (Wildman–Crippen MR) is 106 cm³/mol. The summed E-state index contributed by atoms with van der Waals surface area (Å²) in [6.07, 6.45) is 4.58. The molecule has 0 spiro atoms.